The van der Waals surface area contributed by atoms with Gasteiger partial charge < -0.3 is 16.0 Å². The van der Waals surface area contributed by atoms with Crippen LogP contribution in [-0.2, 0) is 6.42 Å². The Morgan fingerprint density at radius 2 is 2.25 bits per heavy atom. The molecule has 1 fully saturated rings. The van der Waals surface area contributed by atoms with Gasteiger partial charge in [0.15, 0.2) is 0 Å². The summed E-state index contributed by atoms with van der Waals surface area (Å²) in [6, 6.07) is 3.60. The van der Waals surface area contributed by atoms with Gasteiger partial charge in [-0.05, 0) is 43.7 Å². The average molecular weight is 384 g/mol. The molecule has 6 heteroatoms. The lowest BCUT2D eigenvalue weighted by Crippen LogP contribution is -2.26. The number of nitrogens with one attached hydrogen (secondary N) is 1. The molecule has 1 saturated heterocycles. The number of fused-ring (bicyclic) bond motifs is 1. The summed E-state index contributed by atoms with van der Waals surface area (Å²) < 4.78 is 29.2. The Labute approximate surface area is 164 Å². The first kappa shape index (κ1) is 20.1. The highest BCUT2D eigenvalue weighted by molar-refractivity contribution is 5.96. The number of anilines is 2. The van der Waals surface area contributed by atoms with Crippen molar-refractivity contribution in [1.29, 1.82) is 0 Å². The fraction of sp³-hybridized carbons (Fsp3) is 0.364. The van der Waals surface area contributed by atoms with Crippen molar-refractivity contribution in [1.82, 2.24) is 9.88 Å². The van der Waals surface area contributed by atoms with Crippen molar-refractivity contribution in [2.24, 2.45) is 0 Å². The van der Waals surface area contributed by atoms with Crippen LogP contribution in [0.1, 0.15) is 25.8 Å². The van der Waals surface area contributed by atoms with Crippen LogP contribution in [-0.4, -0.2) is 35.6 Å². The topological polar surface area (TPSA) is 54.2 Å². The summed E-state index contributed by atoms with van der Waals surface area (Å²) in [5.41, 5.74) is 9.39. The second-order valence-electron chi connectivity index (χ2n) is 6.99. The Balaban J connectivity index is 1.99. The predicted octanol–water partition coefficient (Wildman–Crippen LogP) is 4.59. The smallest absolute Gasteiger partial charge is 0.146 e. The fourth-order valence-electron chi connectivity index (χ4n) is 3.52. The zero-order valence-electron chi connectivity index (χ0n) is 16.3. The van der Waals surface area contributed by atoms with E-state index in [1.165, 1.54) is 12.3 Å². The highest BCUT2D eigenvalue weighted by Gasteiger charge is 2.22. The van der Waals surface area contributed by atoms with Gasteiger partial charge in [0.2, 0.25) is 0 Å². The molecule has 1 aliphatic rings. The number of hydrogen-bond acceptors (Lipinski definition) is 4. The van der Waals surface area contributed by atoms with Crippen LogP contribution in [0.2, 0.25) is 0 Å². The second-order valence-corrected chi connectivity index (χ2v) is 6.99. The first-order valence-electron chi connectivity index (χ1n) is 9.59. The summed E-state index contributed by atoms with van der Waals surface area (Å²) >= 11 is 0. The largest absolute Gasteiger partial charge is 0.384 e. The molecule has 148 valence electrons. The van der Waals surface area contributed by atoms with E-state index in [1.54, 1.807) is 24.3 Å². The van der Waals surface area contributed by atoms with Crippen LogP contribution in [0.4, 0.5) is 20.3 Å². The van der Waals surface area contributed by atoms with E-state index < -0.39 is 11.6 Å². The molecule has 0 aliphatic carbocycles. The summed E-state index contributed by atoms with van der Waals surface area (Å²) in [6.07, 6.45) is 7.18. The third kappa shape index (κ3) is 4.58. The lowest BCUT2D eigenvalue weighted by Gasteiger charge is -2.19. The summed E-state index contributed by atoms with van der Waals surface area (Å²) in [4.78, 5) is 6.37. The maximum absolute atomic E-state index is 15.0. The highest BCUT2D eigenvalue weighted by Crippen LogP contribution is 2.32. The molecule has 1 atom stereocenters. The number of hydrogen-bond donors (Lipinski definition) is 2. The molecule has 0 spiro atoms. The summed E-state index contributed by atoms with van der Waals surface area (Å²) in [7, 11) is 0. The van der Waals surface area contributed by atoms with Crippen LogP contribution in [0.25, 0.3) is 10.8 Å². The third-order valence-electron chi connectivity index (χ3n) is 5.01. The van der Waals surface area contributed by atoms with Gasteiger partial charge in [0.25, 0.3) is 0 Å². The molecule has 0 saturated carbocycles. The zero-order valence-corrected chi connectivity index (χ0v) is 16.3. The minimum Gasteiger partial charge on any atom is -0.384 e. The molecule has 28 heavy (non-hydrogen) atoms. The zero-order chi connectivity index (χ0) is 20.1. The van der Waals surface area contributed by atoms with Gasteiger partial charge in [-0.3, -0.25) is 0 Å². The maximum Gasteiger partial charge on any atom is 0.146 e. The molecule has 0 radical (unpaired) electrons. The van der Waals surface area contributed by atoms with Crippen molar-refractivity contribution in [2.75, 3.05) is 30.7 Å². The maximum atomic E-state index is 15.0. The Morgan fingerprint density at radius 1 is 1.43 bits per heavy atom. The van der Waals surface area contributed by atoms with E-state index in [2.05, 4.69) is 27.9 Å². The summed E-state index contributed by atoms with van der Waals surface area (Å²) in [5, 5.41) is 4.51. The van der Waals surface area contributed by atoms with Crippen molar-refractivity contribution < 1.29 is 8.78 Å². The molecule has 3 rings (SSSR count). The second kappa shape index (κ2) is 9.00. The van der Waals surface area contributed by atoms with Gasteiger partial charge in [-0.2, -0.15) is 0 Å². The van der Waals surface area contributed by atoms with Gasteiger partial charge in [0, 0.05) is 48.2 Å². The van der Waals surface area contributed by atoms with Crippen molar-refractivity contribution in [3.63, 3.8) is 0 Å². The summed E-state index contributed by atoms with van der Waals surface area (Å²) in [6.45, 7) is 6.91. The Hall–Kier alpha value is -2.69. The Morgan fingerprint density at radius 3 is 2.96 bits per heavy atom. The van der Waals surface area contributed by atoms with E-state index in [4.69, 9.17) is 5.73 Å². The highest BCUT2D eigenvalue weighted by atomic mass is 19.1. The molecular formula is C22H26F2N4. The van der Waals surface area contributed by atoms with Crippen LogP contribution in [0.3, 0.4) is 0 Å². The molecular weight excluding hydrogens is 358 g/mol. The quantitative estimate of drug-likeness (QED) is 0.565. The number of nitrogens with zero attached hydrogens (tertiary/aromatic N) is 2. The number of allylic oxidation sites excluding steroid dienone is 3. The number of likely N-dealkylation sites (tertiary alicyclic amines) is 1. The molecule has 3 N–H and O–H groups in total. The van der Waals surface area contributed by atoms with E-state index in [1.807, 2.05) is 6.92 Å². The number of likely N-dealkylation sites (N-methyl/N-ethyl adjacent to an activating group) is 1. The Kier molecular flexibility index (Phi) is 6.45. The van der Waals surface area contributed by atoms with E-state index >= 15 is 4.39 Å². The van der Waals surface area contributed by atoms with Gasteiger partial charge in [-0.1, -0.05) is 24.8 Å². The van der Waals surface area contributed by atoms with E-state index in [0.29, 0.717) is 16.6 Å². The number of benzene rings is 1. The van der Waals surface area contributed by atoms with Crippen LogP contribution in [0, 0.1) is 5.82 Å². The van der Waals surface area contributed by atoms with Crippen LogP contribution in [0.5, 0.6) is 0 Å². The van der Waals surface area contributed by atoms with Crippen LogP contribution in [0.15, 0.2) is 48.1 Å². The lowest BCUT2D eigenvalue weighted by atomic mass is 10.0. The molecule has 2 heterocycles. The summed E-state index contributed by atoms with van der Waals surface area (Å²) in [5.74, 6) is -0.675. The Bertz CT molecular complexity index is 945. The first-order valence-corrected chi connectivity index (χ1v) is 9.59. The van der Waals surface area contributed by atoms with E-state index in [0.717, 1.165) is 31.7 Å². The number of nitrogens with two attached hydrogens (primary N) is 1. The predicted molar refractivity (Wildman–Crippen MR) is 111 cm³/mol. The average Bonchev–Trinajstić information content (AvgIpc) is 3.13. The SMILES string of the molecule is C/C=C\C=C=C(F)Cc1cc(NC2CCN(CC)C2)c2cc(N)ncc2c1F. The van der Waals surface area contributed by atoms with Gasteiger partial charge in [-0.25, -0.2) is 13.8 Å². The van der Waals surface area contributed by atoms with Gasteiger partial charge in [-0.15, -0.1) is 0 Å². The van der Waals surface area contributed by atoms with Crippen molar-refractivity contribution >= 4 is 22.3 Å². The van der Waals surface area contributed by atoms with Crippen molar-refractivity contribution in [3.8, 4) is 0 Å². The number of nitrogen functional groups attached to an aromatic ring is 1. The standard InChI is InChI=1S/C22H26F2N4/c1-3-5-6-7-16(23)10-15-11-20(27-17-8-9-28(4-2)14-17)18-12-21(25)26-13-19(18)22(15)24/h3,5-6,11-13,17,27H,4,8-10,14H2,1-2H3,(H2,25,26)/b5-3-. The normalized spacial score (nSPS) is 17.2. The molecule has 1 aromatic heterocycles. The van der Waals surface area contributed by atoms with E-state index in [9.17, 15) is 4.39 Å². The number of halogens is 2. The number of aromatic nitrogens is 1. The van der Waals surface area contributed by atoms with Gasteiger partial charge >= 0.3 is 0 Å². The molecule has 1 aliphatic heterocycles. The molecule has 2 aromatic rings. The molecule has 1 aromatic carbocycles. The van der Waals surface area contributed by atoms with Crippen LogP contribution < -0.4 is 11.1 Å². The van der Waals surface area contributed by atoms with Crippen molar-refractivity contribution in [2.45, 2.75) is 32.7 Å². The minimum atomic E-state index is -0.524. The molecule has 4 nitrogen and oxygen atoms in total. The molecule has 0 bridgehead atoms. The first-order chi connectivity index (χ1) is 13.5. The lowest BCUT2D eigenvalue weighted by molar-refractivity contribution is 0.356. The number of pyridine rings is 1. The van der Waals surface area contributed by atoms with Crippen LogP contribution >= 0.6 is 0 Å². The van der Waals surface area contributed by atoms with E-state index in [-0.39, 0.29) is 18.0 Å². The third-order valence-corrected chi connectivity index (χ3v) is 5.01. The monoisotopic (exact) mass is 384 g/mol. The fourth-order valence-corrected chi connectivity index (χ4v) is 3.52. The number of rotatable bonds is 6. The van der Waals surface area contributed by atoms with Gasteiger partial charge in [0.05, 0.1) is 0 Å². The molecule has 1 unspecified atom stereocenters. The van der Waals surface area contributed by atoms with Crippen molar-refractivity contribution in [3.05, 3.63) is 59.5 Å². The molecule has 0 amide bonds. The van der Waals surface area contributed by atoms with Gasteiger partial charge in [0.1, 0.15) is 17.5 Å². The minimum absolute atomic E-state index is 0.166.